The first-order chi connectivity index (χ1) is 10.3. The largest absolute Gasteiger partial charge is 0.416 e. The number of rotatable bonds is 4. The molecule has 0 radical (unpaired) electrons. The van der Waals surface area contributed by atoms with Crippen molar-refractivity contribution in [2.24, 2.45) is 0 Å². The van der Waals surface area contributed by atoms with Gasteiger partial charge in [-0.1, -0.05) is 30.3 Å². The molecule has 0 unspecified atom stereocenters. The SMILES string of the molecule is Cc1ccc(CC(=O)Cc2ccc(C(F)(F)F)cc2)cc1C. The summed E-state index contributed by atoms with van der Waals surface area (Å²) in [5.41, 5.74) is 3.12. The maximum Gasteiger partial charge on any atom is 0.416 e. The maximum atomic E-state index is 12.5. The number of carbonyl (C=O) groups excluding carboxylic acids is 1. The molecule has 0 N–H and O–H groups in total. The second-order valence-corrected chi connectivity index (χ2v) is 5.51. The Morgan fingerprint density at radius 3 is 1.95 bits per heavy atom. The van der Waals surface area contributed by atoms with E-state index in [9.17, 15) is 18.0 Å². The lowest BCUT2D eigenvalue weighted by atomic mass is 9.99. The second kappa shape index (κ2) is 6.34. The zero-order chi connectivity index (χ0) is 16.3. The first-order valence-electron chi connectivity index (χ1n) is 6.99. The normalized spacial score (nSPS) is 11.5. The number of carbonyl (C=O) groups is 1. The van der Waals surface area contributed by atoms with Gasteiger partial charge in [-0.25, -0.2) is 0 Å². The van der Waals surface area contributed by atoms with Crippen molar-refractivity contribution in [3.05, 3.63) is 70.3 Å². The molecule has 0 spiro atoms. The van der Waals surface area contributed by atoms with Crippen molar-refractivity contribution in [2.75, 3.05) is 0 Å². The average molecular weight is 306 g/mol. The van der Waals surface area contributed by atoms with E-state index in [2.05, 4.69) is 0 Å². The molecule has 4 heteroatoms. The van der Waals surface area contributed by atoms with E-state index in [-0.39, 0.29) is 12.2 Å². The number of benzene rings is 2. The molecule has 0 fully saturated rings. The standard InChI is InChI=1S/C18H17F3O/c1-12-3-4-15(9-13(12)2)11-17(22)10-14-5-7-16(8-6-14)18(19,20)21/h3-9H,10-11H2,1-2H3. The molecule has 22 heavy (non-hydrogen) atoms. The quantitative estimate of drug-likeness (QED) is 0.802. The van der Waals surface area contributed by atoms with Crippen molar-refractivity contribution >= 4 is 5.78 Å². The predicted molar refractivity (Wildman–Crippen MR) is 79.8 cm³/mol. The summed E-state index contributed by atoms with van der Waals surface area (Å²) in [4.78, 5) is 12.0. The van der Waals surface area contributed by atoms with Crippen molar-refractivity contribution in [1.82, 2.24) is 0 Å². The Morgan fingerprint density at radius 1 is 0.864 bits per heavy atom. The van der Waals surface area contributed by atoms with Crippen LogP contribution in [0, 0.1) is 13.8 Å². The highest BCUT2D eigenvalue weighted by molar-refractivity contribution is 5.83. The maximum absolute atomic E-state index is 12.5. The van der Waals surface area contributed by atoms with Crippen LogP contribution in [0.5, 0.6) is 0 Å². The van der Waals surface area contributed by atoms with Crippen LogP contribution in [0.1, 0.15) is 27.8 Å². The van der Waals surface area contributed by atoms with Gasteiger partial charge in [0.15, 0.2) is 0 Å². The molecule has 0 amide bonds. The number of aryl methyl sites for hydroxylation is 2. The molecule has 0 bridgehead atoms. The van der Waals surface area contributed by atoms with Crippen molar-refractivity contribution < 1.29 is 18.0 Å². The van der Waals surface area contributed by atoms with E-state index in [1.54, 1.807) is 0 Å². The van der Waals surface area contributed by atoms with E-state index < -0.39 is 11.7 Å². The van der Waals surface area contributed by atoms with Gasteiger partial charge in [0, 0.05) is 12.8 Å². The molecule has 0 atom stereocenters. The molecule has 0 aliphatic carbocycles. The molecule has 2 rings (SSSR count). The first-order valence-corrected chi connectivity index (χ1v) is 6.99. The van der Waals surface area contributed by atoms with Crippen LogP contribution in [0.2, 0.25) is 0 Å². The van der Waals surface area contributed by atoms with Gasteiger partial charge in [-0.05, 0) is 48.2 Å². The fraction of sp³-hybridized carbons (Fsp3) is 0.278. The van der Waals surface area contributed by atoms with Gasteiger partial charge in [0.05, 0.1) is 5.56 Å². The molecule has 1 nitrogen and oxygen atoms in total. The Kier molecular flexibility index (Phi) is 4.69. The highest BCUT2D eigenvalue weighted by Gasteiger charge is 2.29. The van der Waals surface area contributed by atoms with Crippen LogP contribution in [0.15, 0.2) is 42.5 Å². The number of hydrogen-bond donors (Lipinski definition) is 0. The molecule has 116 valence electrons. The van der Waals surface area contributed by atoms with E-state index >= 15 is 0 Å². The molecule has 2 aromatic rings. The van der Waals surface area contributed by atoms with Crippen molar-refractivity contribution in [3.63, 3.8) is 0 Å². The molecule has 2 aromatic carbocycles. The summed E-state index contributed by atoms with van der Waals surface area (Å²) in [6, 6.07) is 10.6. The summed E-state index contributed by atoms with van der Waals surface area (Å²) >= 11 is 0. The Hall–Kier alpha value is -2.10. The molecule has 0 aromatic heterocycles. The summed E-state index contributed by atoms with van der Waals surface area (Å²) in [7, 11) is 0. The van der Waals surface area contributed by atoms with Crippen molar-refractivity contribution in [1.29, 1.82) is 0 Å². The summed E-state index contributed by atoms with van der Waals surface area (Å²) in [5.74, 6) is -0.0111. The van der Waals surface area contributed by atoms with Gasteiger partial charge in [-0.15, -0.1) is 0 Å². The first kappa shape index (κ1) is 16.3. The predicted octanol–water partition coefficient (Wildman–Crippen LogP) is 4.68. The number of hydrogen-bond acceptors (Lipinski definition) is 1. The van der Waals surface area contributed by atoms with Gasteiger partial charge < -0.3 is 0 Å². The number of alkyl halides is 3. The number of ketones is 1. The third kappa shape index (κ3) is 4.20. The molecular weight excluding hydrogens is 289 g/mol. The third-order valence-corrected chi connectivity index (χ3v) is 3.66. The van der Waals surface area contributed by atoms with E-state index in [1.165, 1.54) is 17.7 Å². The monoisotopic (exact) mass is 306 g/mol. The Morgan fingerprint density at radius 2 is 1.41 bits per heavy atom. The van der Waals surface area contributed by atoms with Crippen molar-refractivity contribution in [3.8, 4) is 0 Å². The highest BCUT2D eigenvalue weighted by atomic mass is 19.4. The summed E-state index contributed by atoms with van der Waals surface area (Å²) in [5, 5.41) is 0. The van der Waals surface area contributed by atoms with Gasteiger partial charge in [0.2, 0.25) is 0 Å². The van der Waals surface area contributed by atoms with E-state index in [4.69, 9.17) is 0 Å². The van der Waals surface area contributed by atoms with Gasteiger partial charge in [-0.3, -0.25) is 4.79 Å². The average Bonchev–Trinajstić information content (AvgIpc) is 2.42. The summed E-state index contributed by atoms with van der Waals surface area (Å²) in [6.07, 6.45) is -3.91. The molecule has 0 saturated carbocycles. The molecular formula is C18H17F3O. The minimum Gasteiger partial charge on any atom is -0.299 e. The number of Topliss-reactive ketones (excluding diaryl/α,β-unsaturated/α-hetero) is 1. The van der Waals surface area contributed by atoms with Crippen LogP contribution in [0.4, 0.5) is 13.2 Å². The third-order valence-electron chi connectivity index (χ3n) is 3.66. The van der Waals surface area contributed by atoms with Crippen molar-refractivity contribution in [2.45, 2.75) is 32.9 Å². The molecule has 0 aliphatic rings. The smallest absolute Gasteiger partial charge is 0.299 e. The lowest BCUT2D eigenvalue weighted by Crippen LogP contribution is -2.08. The van der Waals surface area contributed by atoms with Crippen LogP contribution < -0.4 is 0 Å². The fourth-order valence-electron chi connectivity index (χ4n) is 2.24. The molecule has 0 heterocycles. The summed E-state index contributed by atoms with van der Waals surface area (Å²) in [6.45, 7) is 3.99. The van der Waals surface area contributed by atoms with Gasteiger partial charge in [0.25, 0.3) is 0 Å². The van der Waals surface area contributed by atoms with Crippen LogP contribution in [0.3, 0.4) is 0 Å². The van der Waals surface area contributed by atoms with Crippen LogP contribution in [-0.4, -0.2) is 5.78 Å². The van der Waals surface area contributed by atoms with Gasteiger partial charge in [-0.2, -0.15) is 13.2 Å². The second-order valence-electron chi connectivity index (χ2n) is 5.51. The Balaban J connectivity index is 2.01. The van der Waals surface area contributed by atoms with E-state index in [1.807, 2.05) is 32.0 Å². The van der Waals surface area contributed by atoms with E-state index in [0.717, 1.165) is 23.3 Å². The van der Waals surface area contributed by atoms with Crippen LogP contribution >= 0.6 is 0 Å². The Labute approximate surface area is 127 Å². The molecule has 0 saturated heterocycles. The fourth-order valence-corrected chi connectivity index (χ4v) is 2.24. The number of halogens is 3. The lowest BCUT2D eigenvalue weighted by Gasteiger charge is -2.08. The minimum atomic E-state index is -4.35. The van der Waals surface area contributed by atoms with Gasteiger partial charge >= 0.3 is 6.18 Å². The van der Waals surface area contributed by atoms with Gasteiger partial charge in [0.1, 0.15) is 5.78 Å². The highest BCUT2D eigenvalue weighted by Crippen LogP contribution is 2.29. The Bertz CT molecular complexity index is 670. The molecule has 0 aliphatic heterocycles. The summed E-state index contributed by atoms with van der Waals surface area (Å²) < 4.78 is 37.4. The zero-order valence-corrected chi connectivity index (χ0v) is 12.5. The minimum absolute atomic E-state index is 0.0111. The topological polar surface area (TPSA) is 17.1 Å². The van der Waals surface area contributed by atoms with E-state index in [0.29, 0.717) is 12.0 Å². The van der Waals surface area contributed by atoms with Crippen LogP contribution in [-0.2, 0) is 23.8 Å². The van der Waals surface area contributed by atoms with Crippen LogP contribution in [0.25, 0.3) is 0 Å². The zero-order valence-electron chi connectivity index (χ0n) is 12.5. The lowest BCUT2D eigenvalue weighted by molar-refractivity contribution is -0.137.